The lowest BCUT2D eigenvalue weighted by Crippen LogP contribution is -2.52. The molecule has 1 aromatic carbocycles. The predicted molar refractivity (Wildman–Crippen MR) is 75.5 cm³/mol. The van der Waals surface area contributed by atoms with Crippen molar-refractivity contribution in [2.24, 2.45) is 11.7 Å². The highest BCUT2D eigenvalue weighted by molar-refractivity contribution is 5.82. The Morgan fingerprint density at radius 3 is 2.73 bits per heavy atom. The molecule has 22 heavy (non-hydrogen) atoms. The van der Waals surface area contributed by atoms with E-state index in [1.807, 2.05) is 0 Å². The van der Waals surface area contributed by atoms with Gasteiger partial charge in [-0.1, -0.05) is 18.2 Å². The molecule has 0 aromatic heterocycles. The first kappa shape index (κ1) is 16.2. The highest BCUT2D eigenvalue weighted by Gasteiger charge is 2.43. The van der Waals surface area contributed by atoms with E-state index in [-0.39, 0.29) is 13.0 Å². The van der Waals surface area contributed by atoms with E-state index in [0.717, 1.165) is 4.90 Å². The minimum atomic E-state index is -3.10. The van der Waals surface area contributed by atoms with Gasteiger partial charge >= 0.3 is 0 Å². The maximum absolute atomic E-state index is 13.7. The molecule has 0 saturated carbocycles. The molecule has 2 N–H and O–H groups in total. The Labute approximate surface area is 127 Å². The summed E-state index contributed by atoms with van der Waals surface area (Å²) in [5.41, 5.74) is 5.73. The number of piperidine rings is 1. The summed E-state index contributed by atoms with van der Waals surface area (Å²) in [4.78, 5) is 24.5. The van der Waals surface area contributed by atoms with Crippen LogP contribution in [0.2, 0.25) is 0 Å². The molecule has 1 aromatic rings. The minimum absolute atomic E-state index is 0.0639. The first-order chi connectivity index (χ1) is 10.3. The van der Waals surface area contributed by atoms with Crippen molar-refractivity contribution in [1.82, 2.24) is 4.90 Å². The van der Waals surface area contributed by atoms with E-state index in [9.17, 15) is 18.4 Å². The highest BCUT2D eigenvalue weighted by Crippen LogP contribution is 2.31. The quantitative estimate of drug-likeness (QED) is 0.908. The molecule has 1 fully saturated rings. The monoisotopic (exact) mass is 312 g/mol. The summed E-state index contributed by atoms with van der Waals surface area (Å²) in [5, 5.41) is 0. The molecular weight excluding hydrogens is 294 g/mol. The third kappa shape index (κ3) is 3.72. The number of likely N-dealkylation sites (tertiary alicyclic amines) is 1. The summed E-state index contributed by atoms with van der Waals surface area (Å²) >= 11 is 0. The first-order valence-corrected chi connectivity index (χ1v) is 6.89. The molecule has 1 aliphatic heterocycles. The van der Waals surface area contributed by atoms with Gasteiger partial charge in [0.15, 0.2) is 0 Å². The first-order valence-electron chi connectivity index (χ1n) is 6.89. The van der Waals surface area contributed by atoms with Gasteiger partial charge in [-0.25, -0.2) is 8.78 Å². The zero-order chi connectivity index (χ0) is 16.3. The number of benzene rings is 1. The average molecular weight is 312 g/mol. The number of halogens is 2. The molecule has 0 unspecified atom stereocenters. The summed E-state index contributed by atoms with van der Waals surface area (Å²) < 4.78 is 32.5. The molecule has 1 aliphatic rings. The molecule has 0 aliphatic carbocycles. The number of alkyl halides is 2. The Morgan fingerprint density at radius 2 is 2.09 bits per heavy atom. The van der Waals surface area contributed by atoms with Gasteiger partial charge in [0.05, 0.1) is 26.0 Å². The molecule has 0 spiro atoms. The van der Waals surface area contributed by atoms with Crippen LogP contribution in [0.3, 0.4) is 0 Å². The van der Waals surface area contributed by atoms with Crippen LogP contribution in [0.25, 0.3) is 0 Å². The number of para-hydroxylation sites is 1. The zero-order valence-electron chi connectivity index (χ0n) is 12.2. The number of carbonyl (C=O) groups excluding carboxylic acids is 2. The number of rotatable bonds is 4. The summed E-state index contributed by atoms with van der Waals surface area (Å²) in [7, 11) is 1.47. The van der Waals surface area contributed by atoms with Crippen molar-refractivity contribution in [1.29, 1.82) is 0 Å². The topological polar surface area (TPSA) is 72.6 Å². The summed E-state index contributed by atoms with van der Waals surface area (Å²) in [5.74, 6) is -4.89. The van der Waals surface area contributed by atoms with Crippen LogP contribution in [0.5, 0.6) is 5.75 Å². The fourth-order valence-corrected chi connectivity index (χ4v) is 2.60. The second-order valence-electron chi connectivity index (χ2n) is 5.42. The number of ether oxygens (including phenoxy) is 1. The number of carbonyl (C=O) groups is 2. The molecule has 2 rings (SSSR count). The van der Waals surface area contributed by atoms with Crippen LogP contribution in [-0.2, 0) is 16.0 Å². The molecule has 120 valence electrons. The Bertz CT molecular complexity index is 578. The lowest BCUT2D eigenvalue weighted by atomic mass is 9.94. The smallest absolute Gasteiger partial charge is 0.266 e. The van der Waals surface area contributed by atoms with E-state index in [2.05, 4.69) is 0 Å². The van der Waals surface area contributed by atoms with Gasteiger partial charge in [-0.05, 0) is 6.07 Å². The molecule has 1 heterocycles. The van der Waals surface area contributed by atoms with E-state index in [1.54, 1.807) is 24.3 Å². The Hall–Kier alpha value is -2.18. The van der Waals surface area contributed by atoms with Gasteiger partial charge in [0, 0.05) is 18.5 Å². The van der Waals surface area contributed by atoms with Crippen LogP contribution in [0.4, 0.5) is 8.78 Å². The maximum Gasteiger partial charge on any atom is 0.266 e. The van der Waals surface area contributed by atoms with Crippen LogP contribution in [0.1, 0.15) is 12.0 Å². The van der Waals surface area contributed by atoms with Gasteiger partial charge in [0.25, 0.3) is 5.92 Å². The van der Waals surface area contributed by atoms with Gasteiger partial charge in [-0.2, -0.15) is 0 Å². The van der Waals surface area contributed by atoms with Crippen molar-refractivity contribution in [3.8, 4) is 5.75 Å². The molecule has 1 saturated heterocycles. The van der Waals surface area contributed by atoms with Gasteiger partial charge in [-0.15, -0.1) is 0 Å². The molecule has 0 bridgehead atoms. The highest BCUT2D eigenvalue weighted by atomic mass is 19.3. The third-order valence-corrected chi connectivity index (χ3v) is 3.70. The summed E-state index contributed by atoms with van der Waals surface area (Å²) in [6, 6.07) is 6.89. The fraction of sp³-hybridized carbons (Fsp3) is 0.467. The SMILES string of the molecule is COc1ccccc1CC(=O)N1C[C@@H](C(N)=O)CC(F)(F)C1. The van der Waals surface area contributed by atoms with Crippen LogP contribution >= 0.6 is 0 Å². The largest absolute Gasteiger partial charge is 0.496 e. The lowest BCUT2D eigenvalue weighted by Gasteiger charge is -2.36. The minimum Gasteiger partial charge on any atom is -0.496 e. The second-order valence-corrected chi connectivity index (χ2v) is 5.42. The number of nitrogens with two attached hydrogens (primary N) is 1. The second kappa shape index (κ2) is 6.29. The Kier molecular flexibility index (Phi) is 4.63. The molecule has 2 amide bonds. The van der Waals surface area contributed by atoms with Crippen molar-refractivity contribution in [2.45, 2.75) is 18.8 Å². The van der Waals surface area contributed by atoms with Gasteiger partial charge < -0.3 is 15.4 Å². The van der Waals surface area contributed by atoms with Gasteiger partial charge in [-0.3, -0.25) is 9.59 Å². The van der Waals surface area contributed by atoms with Crippen molar-refractivity contribution < 1.29 is 23.1 Å². The van der Waals surface area contributed by atoms with Gasteiger partial charge in [0.2, 0.25) is 11.8 Å². The van der Waals surface area contributed by atoms with Crippen LogP contribution in [0, 0.1) is 5.92 Å². The van der Waals surface area contributed by atoms with E-state index in [4.69, 9.17) is 10.5 Å². The Morgan fingerprint density at radius 1 is 1.41 bits per heavy atom. The number of hydrogen-bond donors (Lipinski definition) is 1. The van der Waals surface area contributed by atoms with E-state index in [1.165, 1.54) is 7.11 Å². The van der Waals surface area contributed by atoms with E-state index in [0.29, 0.717) is 11.3 Å². The molecule has 1 atom stereocenters. The van der Waals surface area contributed by atoms with Crippen molar-refractivity contribution in [3.05, 3.63) is 29.8 Å². The molecule has 7 heteroatoms. The molecular formula is C15H18F2N2O3. The van der Waals surface area contributed by atoms with E-state index < -0.39 is 36.6 Å². The standard InChI is InChI=1S/C15H18F2N2O3/c1-22-12-5-3-2-4-10(12)6-13(20)19-8-11(14(18)21)7-15(16,17)9-19/h2-5,11H,6-9H2,1H3,(H2,18,21)/t11-/m0/s1. The number of nitrogens with zero attached hydrogens (tertiary/aromatic N) is 1. The van der Waals surface area contributed by atoms with Crippen LogP contribution in [-0.4, -0.2) is 42.8 Å². The third-order valence-electron chi connectivity index (χ3n) is 3.70. The number of primary amides is 1. The lowest BCUT2D eigenvalue weighted by molar-refractivity contribution is -0.149. The normalized spacial score (nSPS) is 20.5. The molecule has 5 nitrogen and oxygen atoms in total. The van der Waals surface area contributed by atoms with Crippen molar-refractivity contribution in [3.63, 3.8) is 0 Å². The maximum atomic E-state index is 13.7. The number of hydrogen-bond acceptors (Lipinski definition) is 3. The van der Waals surface area contributed by atoms with Crippen LogP contribution < -0.4 is 10.5 Å². The molecule has 0 radical (unpaired) electrons. The Balaban J connectivity index is 2.13. The average Bonchev–Trinajstić information content (AvgIpc) is 2.46. The summed E-state index contributed by atoms with van der Waals surface area (Å²) in [6.07, 6.45) is -0.674. The van der Waals surface area contributed by atoms with E-state index >= 15 is 0 Å². The summed E-state index contributed by atoms with van der Waals surface area (Å²) in [6.45, 7) is -0.760. The number of methoxy groups -OCH3 is 1. The van der Waals surface area contributed by atoms with Crippen LogP contribution in [0.15, 0.2) is 24.3 Å². The zero-order valence-corrected chi connectivity index (χ0v) is 12.2. The number of amides is 2. The predicted octanol–water partition coefficient (Wildman–Crippen LogP) is 1.21. The van der Waals surface area contributed by atoms with Crippen molar-refractivity contribution >= 4 is 11.8 Å². The fourth-order valence-electron chi connectivity index (χ4n) is 2.60. The van der Waals surface area contributed by atoms with Gasteiger partial charge in [0.1, 0.15) is 5.75 Å². The van der Waals surface area contributed by atoms with Crippen molar-refractivity contribution in [2.75, 3.05) is 20.2 Å².